The van der Waals surface area contributed by atoms with E-state index in [4.69, 9.17) is 9.47 Å². The van der Waals surface area contributed by atoms with E-state index in [2.05, 4.69) is 21.6 Å². The Bertz CT molecular complexity index is 926. The molecule has 0 bridgehead atoms. The van der Waals surface area contributed by atoms with Crippen LogP contribution in [-0.2, 0) is 17.9 Å². The van der Waals surface area contributed by atoms with Gasteiger partial charge in [-0.2, -0.15) is 0 Å². The Labute approximate surface area is 188 Å². The van der Waals surface area contributed by atoms with Gasteiger partial charge in [-0.05, 0) is 42.2 Å². The molecule has 0 saturated carbocycles. The van der Waals surface area contributed by atoms with Gasteiger partial charge in [-0.15, -0.1) is 0 Å². The van der Waals surface area contributed by atoms with Crippen LogP contribution in [0.15, 0.2) is 42.5 Å². The van der Waals surface area contributed by atoms with Gasteiger partial charge < -0.3 is 25.2 Å². The summed E-state index contributed by atoms with van der Waals surface area (Å²) >= 11 is 0. The van der Waals surface area contributed by atoms with Gasteiger partial charge in [-0.3, -0.25) is 14.5 Å². The molecule has 3 rings (SSSR count). The highest BCUT2D eigenvalue weighted by molar-refractivity contribution is 5.97. The molecule has 1 heterocycles. The molecule has 0 unspecified atom stereocenters. The van der Waals surface area contributed by atoms with E-state index in [1.165, 1.54) is 14.2 Å². The number of methoxy groups -OCH3 is 2. The maximum Gasteiger partial charge on any atom is 0.251 e. The molecule has 1 aliphatic rings. The number of carbonyl (C=O) groups is 2. The van der Waals surface area contributed by atoms with E-state index < -0.39 is 0 Å². The molecular weight excluding hydrogens is 410 g/mol. The molecule has 0 aromatic heterocycles. The van der Waals surface area contributed by atoms with Crippen LogP contribution in [-0.4, -0.2) is 61.8 Å². The summed E-state index contributed by atoms with van der Waals surface area (Å²) in [4.78, 5) is 27.0. The summed E-state index contributed by atoms with van der Waals surface area (Å²) in [7, 11) is 3.02. The number of piperidine rings is 1. The van der Waals surface area contributed by atoms with E-state index in [0.29, 0.717) is 23.6 Å². The van der Waals surface area contributed by atoms with Gasteiger partial charge in [0.1, 0.15) is 0 Å². The van der Waals surface area contributed by atoms with E-state index in [1.54, 1.807) is 18.2 Å². The third-order valence-corrected chi connectivity index (χ3v) is 5.60. The van der Waals surface area contributed by atoms with Crippen LogP contribution >= 0.6 is 0 Å². The number of carbonyl (C=O) groups excluding carboxylic acids is 2. The molecule has 172 valence electrons. The quantitative estimate of drug-likeness (QED) is 0.548. The Balaban J connectivity index is 1.49. The van der Waals surface area contributed by atoms with Gasteiger partial charge >= 0.3 is 0 Å². The fourth-order valence-electron chi connectivity index (χ4n) is 3.70. The average Bonchev–Trinajstić information content (AvgIpc) is 2.82. The number of aliphatic hydroxyl groups is 1. The molecule has 0 atom stereocenters. The molecule has 0 radical (unpaired) electrons. The van der Waals surface area contributed by atoms with Crippen LogP contribution in [0.2, 0.25) is 0 Å². The third kappa shape index (κ3) is 6.45. The topological polar surface area (TPSA) is 100 Å². The molecule has 1 aliphatic heterocycles. The van der Waals surface area contributed by atoms with Gasteiger partial charge in [0.2, 0.25) is 5.91 Å². The van der Waals surface area contributed by atoms with Crippen molar-refractivity contribution in [3.05, 3.63) is 59.2 Å². The SMILES string of the molecule is COc1ccc(C(=O)NCC(=O)NCc2ccccc2CN2CCC(O)CC2)cc1OC. The van der Waals surface area contributed by atoms with Gasteiger partial charge in [0.25, 0.3) is 5.91 Å². The van der Waals surface area contributed by atoms with Crippen LogP contribution in [0.5, 0.6) is 11.5 Å². The first-order chi connectivity index (χ1) is 15.5. The van der Waals surface area contributed by atoms with Crippen molar-refractivity contribution < 1.29 is 24.2 Å². The van der Waals surface area contributed by atoms with Crippen molar-refractivity contribution >= 4 is 11.8 Å². The van der Waals surface area contributed by atoms with Crippen molar-refractivity contribution in [1.82, 2.24) is 15.5 Å². The Morgan fingerprint density at radius 3 is 2.38 bits per heavy atom. The Hall–Kier alpha value is -3.10. The zero-order chi connectivity index (χ0) is 22.9. The third-order valence-electron chi connectivity index (χ3n) is 5.60. The summed E-state index contributed by atoms with van der Waals surface area (Å²) in [6.45, 7) is 2.78. The lowest BCUT2D eigenvalue weighted by Gasteiger charge is -2.30. The highest BCUT2D eigenvalue weighted by Gasteiger charge is 2.18. The number of amides is 2. The first-order valence-corrected chi connectivity index (χ1v) is 10.7. The van der Waals surface area contributed by atoms with E-state index in [0.717, 1.165) is 43.6 Å². The van der Waals surface area contributed by atoms with Crippen LogP contribution in [0.25, 0.3) is 0 Å². The number of nitrogens with zero attached hydrogens (tertiary/aromatic N) is 1. The normalized spacial score (nSPS) is 14.6. The minimum atomic E-state index is -0.367. The Morgan fingerprint density at radius 1 is 1.00 bits per heavy atom. The zero-order valence-electron chi connectivity index (χ0n) is 18.6. The molecule has 0 aliphatic carbocycles. The van der Waals surface area contributed by atoms with Crippen LogP contribution in [0.1, 0.15) is 34.3 Å². The molecule has 1 fully saturated rings. The number of benzene rings is 2. The maximum absolute atomic E-state index is 12.4. The molecule has 2 aromatic carbocycles. The smallest absolute Gasteiger partial charge is 0.251 e. The van der Waals surface area contributed by atoms with Crippen molar-refractivity contribution in [3.63, 3.8) is 0 Å². The predicted octanol–water partition coefficient (Wildman–Crippen LogP) is 1.71. The molecule has 1 saturated heterocycles. The fraction of sp³-hybridized carbons (Fsp3) is 0.417. The molecule has 2 amide bonds. The van der Waals surface area contributed by atoms with Crippen molar-refractivity contribution in [2.24, 2.45) is 0 Å². The molecule has 2 aromatic rings. The number of aliphatic hydroxyl groups excluding tert-OH is 1. The van der Waals surface area contributed by atoms with Gasteiger partial charge in [0, 0.05) is 31.7 Å². The Kier molecular flexibility index (Phi) is 8.47. The number of ether oxygens (including phenoxy) is 2. The van der Waals surface area contributed by atoms with Crippen LogP contribution < -0.4 is 20.1 Å². The van der Waals surface area contributed by atoms with Crippen molar-refractivity contribution in [1.29, 1.82) is 0 Å². The number of likely N-dealkylation sites (tertiary alicyclic amines) is 1. The Morgan fingerprint density at radius 2 is 1.69 bits per heavy atom. The second-order valence-electron chi connectivity index (χ2n) is 7.81. The summed E-state index contributed by atoms with van der Waals surface area (Å²) in [6.07, 6.45) is 1.38. The van der Waals surface area contributed by atoms with E-state index in [1.807, 2.05) is 18.2 Å². The number of rotatable bonds is 9. The molecular formula is C24H31N3O5. The molecule has 8 heteroatoms. The lowest BCUT2D eigenvalue weighted by molar-refractivity contribution is -0.120. The van der Waals surface area contributed by atoms with Gasteiger partial charge in [-0.1, -0.05) is 24.3 Å². The predicted molar refractivity (Wildman–Crippen MR) is 121 cm³/mol. The minimum absolute atomic E-state index is 0.126. The highest BCUT2D eigenvalue weighted by atomic mass is 16.5. The van der Waals surface area contributed by atoms with Crippen molar-refractivity contribution in [2.75, 3.05) is 33.9 Å². The van der Waals surface area contributed by atoms with E-state index in [9.17, 15) is 14.7 Å². The van der Waals surface area contributed by atoms with Crippen LogP contribution in [0.3, 0.4) is 0 Å². The van der Waals surface area contributed by atoms with E-state index in [-0.39, 0.29) is 24.5 Å². The van der Waals surface area contributed by atoms with Crippen molar-refractivity contribution in [2.45, 2.75) is 32.0 Å². The molecule has 0 spiro atoms. The summed E-state index contributed by atoms with van der Waals surface area (Å²) in [5, 5.41) is 15.2. The van der Waals surface area contributed by atoms with Gasteiger partial charge in [0.05, 0.1) is 26.9 Å². The fourth-order valence-corrected chi connectivity index (χ4v) is 3.70. The monoisotopic (exact) mass is 441 g/mol. The average molecular weight is 442 g/mol. The van der Waals surface area contributed by atoms with E-state index >= 15 is 0 Å². The number of nitrogens with one attached hydrogen (secondary N) is 2. The van der Waals surface area contributed by atoms with Crippen LogP contribution in [0, 0.1) is 0 Å². The standard InChI is InChI=1S/C24H31N3O5/c1-31-21-8-7-17(13-22(21)32-2)24(30)26-15-23(29)25-14-18-5-3-4-6-19(18)16-27-11-9-20(28)10-12-27/h3-8,13,20,28H,9-12,14-16H2,1-2H3,(H,25,29)(H,26,30). The first kappa shape index (κ1) is 23.6. The summed E-state index contributed by atoms with van der Waals surface area (Å²) in [5.74, 6) is 0.342. The molecule has 32 heavy (non-hydrogen) atoms. The highest BCUT2D eigenvalue weighted by Crippen LogP contribution is 2.27. The number of hydrogen-bond acceptors (Lipinski definition) is 6. The van der Waals surface area contributed by atoms with Crippen molar-refractivity contribution in [3.8, 4) is 11.5 Å². The lowest BCUT2D eigenvalue weighted by atomic mass is 10.0. The molecule has 3 N–H and O–H groups in total. The van der Waals surface area contributed by atoms with Crippen LogP contribution in [0.4, 0.5) is 0 Å². The van der Waals surface area contributed by atoms with Gasteiger partial charge in [-0.25, -0.2) is 0 Å². The molecule has 8 nitrogen and oxygen atoms in total. The number of hydrogen-bond donors (Lipinski definition) is 3. The summed E-state index contributed by atoms with van der Waals surface area (Å²) < 4.78 is 10.4. The summed E-state index contributed by atoms with van der Waals surface area (Å²) in [6, 6.07) is 12.8. The first-order valence-electron chi connectivity index (χ1n) is 10.7. The van der Waals surface area contributed by atoms with Gasteiger partial charge in [0.15, 0.2) is 11.5 Å². The maximum atomic E-state index is 12.4. The lowest BCUT2D eigenvalue weighted by Crippen LogP contribution is -2.37. The largest absolute Gasteiger partial charge is 0.493 e. The zero-order valence-corrected chi connectivity index (χ0v) is 18.6. The second-order valence-corrected chi connectivity index (χ2v) is 7.81. The summed E-state index contributed by atoms with van der Waals surface area (Å²) in [5.41, 5.74) is 2.57. The second kappa shape index (κ2) is 11.5. The minimum Gasteiger partial charge on any atom is -0.493 e.